The fourth-order valence-corrected chi connectivity index (χ4v) is 2.35. The van der Waals surface area contributed by atoms with Crippen LogP contribution < -0.4 is 5.73 Å². The van der Waals surface area contributed by atoms with Gasteiger partial charge in [0.05, 0.1) is 5.51 Å². The lowest BCUT2D eigenvalue weighted by atomic mass is 9.95. The molecule has 1 fully saturated rings. The van der Waals surface area contributed by atoms with Crippen LogP contribution in [0.15, 0.2) is 10.9 Å². The lowest BCUT2D eigenvalue weighted by Gasteiger charge is -2.34. The lowest BCUT2D eigenvalue weighted by molar-refractivity contribution is 0.0659. The normalized spacial score (nSPS) is 26.7. The smallest absolute Gasteiger partial charge is 0.273 e. The van der Waals surface area contributed by atoms with E-state index in [0.717, 1.165) is 19.5 Å². The van der Waals surface area contributed by atoms with Gasteiger partial charge in [0.25, 0.3) is 5.91 Å². The summed E-state index contributed by atoms with van der Waals surface area (Å²) in [5, 5.41) is 1.79. The van der Waals surface area contributed by atoms with E-state index in [1.54, 1.807) is 10.9 Å². The van der Waals surface area contributed by atoms with Gasteiger partial charge in [0.2, 0.25) is 0 Å². The van der Waals surface area contributed by atoms with Crippen LogP contribution in [0.3, 0.4) is 0 Å². The quantitative estimate of drug-likeness (QED) is 0.774. The minimum absolute atomic E-state index is 0.0370. The van der Waals surface area contributed by atoms with Crippen LogP contribution in [0.2, 0.25) is 0 Å². The van der Waals surface area contributed by atoms with Crippen molar-refractivity contribution in [3.05, 3.63) is 16.6 Å². The molecule has 1 saturated heterocycles. The van der Waals surface area contributed by atoms with E-state index in [2.05, 4.69) is 11.9 Å². The minimum atomic E-state index is 0.0370. The van der Waals surface area contributed by atoms with E-state index >= 15 is 0 Å². The van der Waals surface area contributed by atoms with Crippen LogP contribution in [0.4, 0.5) is 0 Å². The number of amides is 1. The maximum absolute atomic E-state index is 11.9. The first kappa shape index (κ1) is 10.6. The Balaban J connectivity index is 2.03. The Kier molecular flexibility index (Phi) is 3.02. The Hall–Kier alpha value is -0.940. The first-order chi connectivity index (χ1) is 7.18. The lowest BCUT2D eigenvalue weighted by Crippen LogP contribution is -2.48. The van der Waals surface area contributed by atoms with Gasteiger partial charge in [0, 0.05) is 24.5 Å². The molecule has 2 unspecified atom stereocenters. The van der Waals surface area contributed by atoms with Crippen LogP contribution in [0.25, 0.3) is 0 Å². The van der Waals surface area contributed by atoms with Gasteiger partial charge in [-0.1, -0.05) is 6.92 Å². The highest BCUT2D eigenvalue weighted by Crippen LogP contribution is 2.17. The number of likely N-dealkylation sites (tertiary alicyclic amines) is 1. The van der Waals surface area contributed by atoms with E-state index in [1.807, 2.05) is 4.90 Å². The first-order valence-electron chi connectivity index (χ1n) is 5.11. The van der Waals surface area contributed by atoms with Gasteiger partial charge in [-0.15, -0.1) is 11.3 Å². The number of nitrogens with two attached hydrogens (primary N) is 1. The molecule has 2 N–H and O–H groups in total. The number of thiazole rings is 1. The number of hydrogen-bond donors (Lipinski definition) is 1. The standard InChI is InChI=1S/C10H15N3OS/c1-7-4-13(3-2-8(7)11)10(14)9-5-15-6-12-9/h5-8H,2-4,11H2,1H3. The third kappa shape index (κ3) is 2.18. The molecule has 0 aliphatic carbocycles. The summed E-state index contributed by atoms with van der Waals surface area (Å²) in [6.07, 6.45) is 0.886. The van der Waals surface area contributed by atoms with E-state index in [9.17, 15) is 4.79 Å². The molecular formula is C10H15N3OS. The molecule has 4 nitrogen and oxygen atoms in total. The van der Waals surface area contributed by atoms with E-state index in [4.69, 9.17) is 5.73 Å². The number of hydrogen-bond acceptors (Lipinski definition) is 4. The molecule has 0 bridgehead atoms. The monoisotopic (exact) mass is 225 g/mol. The summed E-state index contributed by atoms with van der Waals surface area (Å²) in [6.45, 7) is 3.59. The molecule has 15 heavy (non-hydrogen) atoms. The molecule has 1 aliphatic rings. The molecule has 2 rings (SSSR count). The van der Waals surface area contributed by atoms with Gasteiger partial charge in [-0.05, 0) is 12.3 Å². The van der Waals surface area contributed by atoms with Gasteiger partial charge in [-0.25, -0.2) is 4.98 Å². The average Bonchev–Trinajstić information content (AvgIpc) is 2.74. The van der Waals surface area contributed by atoms with E-state index in [-0.39, 0.29) is 11.9 Å². The number of nitrogens with zero attached hydrogens (tertiary/aromatic N) is 2. The van der Waals surface area contributed by atoms with Crippen molar-refractivity contribution in [3.63, 3.8) is 0 Å². The van der Waals surface area contributed by atoms with Crippen molar-refractivity contribution < 1.29 is 4.79 Å². The summed E-state index contributed by atoms with van der Waals surface area (Å²) >= 11 is 1.45. The Bertz CT molecular complexity index is 338. The predicted octanol–water partition coefficient (Wildman–Crippen LogP) is 0.952. The van der Waals surface area contributed by atoms with Crippen molar-refractivity contribution in [2.24, 2.45) is 11.7 Å². The molecule has 82 valence electrons. The van der Waals surface area contributed by atoms with E-state index < -0.39 is 0 Å². The maximum atomic E-state index is 11.9. The fraction of sp³-hybridized carbons (Fsp3) is 0.600. The number of rotatable bonds is 1. The van der Waals surface area contributed by atoms with E-state index in [0.29, 0.717) is 11.6 Å². The molecule has 2 atom stereocenters. The third-order valence-corrected chi connectivity index (χ3v) is 3.50. The van der Waals surface area contributed by atoms with Crippen molar-refractivity contribution in [1.82, 2.24) is 9.88 Å². The number of piperidine rings is 1. The number of aromatic nitrogens is 1. The van der Waals surface area contributed by atoms with Gasteiger partial charge in [0.1, 0.15) is 5.69 Å². The summed E-state index contributed by atoms with van der Waals surface area (Å²) in [5.41, 5.74) is 8.15. The molecule has 1 aromatic rings. The van der Waals surface area contributed by atoms with Gasteiger partial charge >= 0.3 is 0 Å². The highest BCUT2D eigenvalue weighted by molar-refractivity contribution is 7.07. The van der Waals surface area contributed by atoms with Crippen LogP contribution in [0, 0.1) is 5.92 Å². The molecule has 0 aromatic carbocycles. The largest absolute Gasteiger partial charge is 0.337 e. The van der Waals surface area contributed by atoms with Gasteiger partial charge in [0.15, 0.2) is 0 Å². The molecule has 5 heteroatoms. The van der Waals surface area contributed by atoms with E-state index in [1.165, 1.54) is 11.3 Å². The Morgan fingerprint density at radius 1 is 1.73 bits per heavy atom. The summed E-state index contributed by atoms with van der Waals surface area (Å²) in [6, 6.07) is 0.226. The predicted molar refractivity (Wildman–Crippen MR) is 59.8 cm³/mol. The van der Waals surface area contributed by atoms with Crippen LogP contribution in [0.1, 0.15) is 23.8 Å². The van der Waals surface area contributed by atoms with Gasteiger partial charge in [-0.2, -0.15) is 0 Å². The zero-order valence-electron chi connectivity index (χ0n) is 8.72. The molecule has 2 heterocycles. The van der Waals surface area contributed by atoms with Crippen LogP contribution in [0.5, 0.6) is 0 Å². The highest BCUT2D eigenvalue weighted by atomic mass is 32.1. The Morgan fingerprint density at radius 2 is 2.53 bits per heavy atom. The van der Waals surface area contributed by atoms with Crippen molar-refractivity contribution >= 4 is 17.2 Å². The van der Waals surface area contributed by atoms with Crippen molar-refractivity contribution in [2.75, 3.05) is 13.1 Å². The topological polar surface area (TPSA) is 59.2 Å². The SMILES string of the molecule is CC1CN(C(=O)c2cscn2)CCC1N. The maximum Gasteiger partial charge on any atom is 0.273 e. The van der Waals surface area contributed by atoms with Crippen LogP contribution in [-0.2, 0) is 0 Å². The summed E-state index contributed by atoms with van der Waals surface area (Å²) in [5.74, 6) is 0.413. The Morgan fingerprint density at radius 3 is 3.13 bits per heavy atom. The average molecular weight is 225 g/mol. The Labute approximate surface area is 93.1 Å². The summed E-state index contributed by atoms with van der Waals surface area (Å²) in [7, 11) is 0. The second kappa shape index (κ2) is 4.28. The minimum Gasteiger partial charge on any atom is -0.337 e. The second-order valence-corrected chi connectivity index (χ2v) is 4.77. The van der Waals surface area contributed by atoms with Gasteiger partial charge in [-0.3, -0.25) is 4.79 Å². The number of carbonyl (C=O) groups excluding carboxylic acids is 1. The highest BCUT2D eigenvalue weighted by Gasteiger charge is 2.27. The zero-order chi connectivity index (χ0) is 10.8. The second-order valence-electron chi connectivity index (χ2n) is 4.05. The molecule has 1 aliphatic heterocycles. The van der Waals surface area contributed by atoms with Crippen LogP contribution >= 0.6 is 11.3 Å². The number of carbonyl (C=O) groups is 1. The molecular weight excluding hydrogens is 210 g/mol. The molecule has 0 saturated carbocycles. The molecule has 0 radical (unpaired) electrons. The van der Waals surface area contributed by atoms with Crippen molar-refractivity contribution in [1.29, 1.82) is 0 Å². The van der Waals surface area contributed by atoms with Crippen molar-refractivity contribution in [2.45, 2.75) is 19.4 Å². The van der Waals surface area contributed by atoms with Gasteiger partial charge < -0.3 is 10.6 Å². The van der Waals surface area contributed by atoms with Crippen LogP contribution in [-0.4, -0.2) is 34.9 Å². The third-order valence-electron chi connectivity index (χ3n) is 2.91. The summed E-state index contributed by atoms with van der Waals surface area (Å²) < 4.78 is 0. The molecule has 1 amide bonds. The molecule has 0 spiro atoms. The summed E-state index contributed by atoms with van der Waals surface area (Å²) in [4.78, 5) is 17.8. The van der Waals surface area contributed by atoms with Crippen molar-refractivity contribution in [3.8, 4) is 0 Å². The molecule has 1 aromatic heterocycles. The fourth-order valence-electron chi connectivity index (χ4n) is 1.83. The zero-order valence-corrected chi connectivity index (χ0v) is 9.54. The first-order valence-corrected chi connectivity index (χ1v) is 6.06.